The Kier molecular flexibility index (Phi) is 4.26. The van der Waals surface area contributed by atoms with E-state index in [9.17, 15) is 8.42 Å². The molecular formula is C18H15ClN4O2S. The molecule has 6 nitrogen and oxygen atoms in total. The van der Waals surface area contributed by atoms with E-state index < -0.39 is 9.84 Å². The summed E-state index contributed by atoms with van der Waals surface area (Å²) in [6.45, 7) is 0. The van der Waals surface area contributed by atoms with Crippen LogP contribution in [0, 0.1) is 0 Å². The maximum absolute atomic E-state index is 12.7. The van der Waals surface area contributed by atoms with Gasteiger partial charge in [-0.3, -0.25) is 0 Å². The van der Waals surface area contributed by atoms with E-state index in [0.717, 1.165) is 11.3 Å². The Morgan fingerprint density at radius 1 is 1.00 bits per heavy atom. The number of fused-ring (bicyclic) bond motifs is 6. The Labute approximate surface area is 156 Å². The van der Waals surface area contributed by atoms with Crippen LogP contribution >= 0.6 is 11.6 Å². The highest BCUT2D eigenvalue weighted by atomic mass is 35.5. The molecule has 0 saturated carbocycles. The van der Waals surface area contributed by atoms with E-state index >= 15 is 0 Å². The largest absolute Gasteiger partial charge is 0.339 e. The summed E-state index contributed by atoms with van der Waals surface area (Å²) in [5, 5.41) is 6.52. The second-order valence-electron chi connectivity index (χ2n) is 5.94. The summed E-state index contributed by atoms with van der Waals surface area (Å²) in [6, 6.07) is 14.2. The van der Waals surface area contributed by atoms with Crippen molar-refractivity contribution >= 4 is 44.6 Å². The highest BCUT2D eigenvalue weighted by molar-refractivity contribution is 7.91. The van der Waals surface area contributed by atoms with Gasteiger partial charge in [-0.2, -0.15) is 4.98 Å². The molecule has 6 bridgehead atoms. The Bertz CT molecular complexity index is 1090. The average molecular weight is 387 g/mol. The predicted octanol–water partition coefficient (Wildman–Crippen LogP) is 3.95. The van der Waals surface area contributed by atoms with Crippen LogP contribution < -0.4 is 10.6 Å². The Balaban J connectivity index is 1.86. The molecule has 0 aliphatic carbocycles. The third-order valence-electron chi connectivity index (χ3n) is 4.04. The first-order valence-corrected chi connectivity index (χ1v) is 10.0. The molecule has 0 fully saturated rings. The molecule has 0 radical (unpaired) electrons. The number of rotatable bonds is 0. The van der Waals surface area contributed by atoms with E-state index in [1.165, 1.54) is 6.20 Å². The molecule has 2 aromatic carbocycles. The average Bonchev–Trinajstić information content (AvgIpc) is 2.63. The first kappa shape index (κ1) is 16.8. The van der Waals surface area contributed by atoms with Gasteiger partial charge in [0.1, 0.15) is 5.02 Å². The van der Waals surface area contributed by atoms with Crippen molar-refractivity contribution in [3.05, 3.63) is 65.3 Å². The summed E-state index contributed by atoms with van der Waals surface area (Å²) < 4.78 is 25.4. The van der Waals surface area contributed by atoms with Crippen LogP contribution in [-0.4, -0.2) is 24.1 Å². The molecule has 1 aromatic heterocycles. The van der Waals surface area contributed by atoms with E-state index in [-0.39, 0.29) is 10.6 Å². The SMILES string of the molecule is O=S1(=O)CCc2cccc(c2)Nc2ncc(Cl)c(n2)Nc2cccc1c2. The lowest BCUT2D eigenvalue weighted by Crippen LogP contribution is -2.10. The first-order valence-electron chi connectivity index (χ1n) is 7.98. The summed E-state index contributed by atoms with van der Waals surface area (Å²) in [6.07, 6.45) is 1.91. The second-order valence-corrected chi connectivity index (χ2v) is 8.45. The van der Waals surface area contributed by atoms with Crippen molar-refractivity contribution in [1.29, 1.82) is 0 Å². The van der Waals surface area contributed by atoms with Gasteiger partial charge >= 0.3 is 0 Å². The molecule has 0 spiro atoms. The summed E-state index contributed by atoms with van der Waals surface area (Å²) in [5.74, 6) is 0.824. The summed E-state index contributed by atoms with van der Waals surface area (Å²) in [7, 11) is -3.41. The summed E-state index contributed by atoms with van der Waals surface area (Å²) in [4.78, 5) is 8.85. The number of benzene rings is 2. The monoisotopic (exact) mass is 386 g/mol. The summed E-state index contributed by atoms with van der Waals surface area (Å²) in [5.41, 5.74) is 2.29. The smallest absolute Gasteiger partial charge is 0.229 e. The lowest BCUT2D eigenvalue weighted by atomic mass is 10.1. The van der Waals surface area contributed by atoms with Crippen molar-refractivity contribution in [2.75, 3.05) is 16.4 Å². The lowest BCUT2D eigenvalue weighted by Gasteiger charge is -2.13. The zero-order valence-electron chi connectivity index (χ0n) is 13.6. The third-order valence-corrected chi connectivity index (χ3v) is 6.03. The maximum Gasteiger partial charge on any atom is 0.229 e. The van der Waals surface area contributed by atoms with E-state index in [4.69, 9.17) is 11.6 Å². The number of sulfone groups is 1. The van der Waals surface area contributed by atoms with Crippen LogP contribution in [0.5, 0.6) is 0 Å². The third kappa shape index (κ3) is 3.49. The minimum absolute atomic E-state index is 0.0302. The fraction of sp³-hybridized carbons (Fsp3) is 0.111. The van der Waals surface area contributed by atoms with Gasteiger partial charge < -0.3 is 10.6 Å². The number of halogens is 1. The van der Waals surface area contributed by atoms with Crippen molar-refractivity contribution in [1.82, 2.24) is 9.97 Å². The topological polar surface area (TPSA) is 84.0 Å². The molecule has 0 saturated heterocycles. The molecular weight excluding hydrogens is 372 g/mol. The number of hydrogen-bond acceptors (Lipinski definition) is 6. The molecule has 0 amide bonds. The molecule has 1 aliphatic rings. The van der Waals surface area contributed by atoms with Crippen LogP contribution in [-0.2, 0) is 16.3 Å². The van der Waals surface area contributed by atoms with Gasteiger partial charge in [0.15, 0.2) is 15.7 Å². The number of aryl methyl sites for hydroxylation is 1. The normalized spacial score (nSPS) is 15.3. The van der Waals surface area contributed by atoms with Gasteiger partial charge in [-0.1, -0.05) is 29.8 Å². The lowest BCUT2D eigenvalue weighted by molar-refractivity contribution is 0.595. The number of nitrogens with one attached hydrogen (secondary N) is 2. The van der Waals surface area contributed by atoms with Crippen molar-refractivity contribution in [3.8, 4) is 0 Å². The van der Waals surface area contributed by atoms with Gasteiger partial charge in [0.25, 0.3) is 0 Å². The van der Waals surface area contributed by atoms with Gasteiger partial charge in [-0.05, 0) is 42.3 Å². The van der Waals surface area contributed by atoms with E-state index in [2.05, 4.69) is 20.6 Å². The van der Waals surface area contributed by atoms with Crippen molar-refractivity contribution in [2.24, 2.45) is 0 Å². The van der Waals surface area contributed by atoms with Gasteiger partial charge in [0.05, 0.1) is 16.8 Å². The molecule has 26 heavy (non-hydrogen) atoms. The highest BCUT2D eigenvalue weighted by Gasteiger charge is 2.16. The molecule has 0 unspecified atom stereocenters. The quantitative estimate of drug-likeness (QED) is 0.608. The minimum atomic E-state index is -3.41. The Hall–Kier alpha value is -2.64. The number of aromatic nitrogens is 2. The van der Waals surface area contributed by atoms with Gasteiger partial charge in [-0.15, -0.1) is 0 Å². The molecule has 4 rings (SSSR count). The molecule has 0 atom stereocenters. The number of hydrogen-bond donors (Lipinski definition) is 2. The van der Waals surface area contributed by atoms with Gasteiger partial charge in [0, 0.05) is 11.4 Å². The molecule has 2 heterocycles. The van der Waals surface area contributed by atoms with E-state index in [1.807, 2.05) is 24.3 Å². The zero-order chi connectivity index (χ0) is 18.1. The predicted molar refractivity (Wildman–Crippen MR) is 102 cm³/mol. The molecule has 2 N–H and O–H groups in total. The van der Waals surface area contributed by atoms with Crippen LogP contribution in [0.15, 0.2) is 59.6 Å². The first-order chi connectivity index (χ1) is 12.5. The van der Waals surface area contributed by atoms with Crippen molar-refractivity contribution in [2.45, 2.75) is 11.3 Å². The van der Waals surface area contributed by atoms with Gasteiger partial charge in [0.2, 0.25) is 5.95 Å². The zero-order valence-corrected chi connectivity index (χ0v) is 15.2. The van der Waals surface area contributed by atoms with Gasteiger partial charge in [-0.25, -0.2) is 13.4 Å². The molecule has 8 heteroatoms. The Morgan fingerprint density at radius 3 is 2.62 bits per heavy atom. The van der Waals surface area contributed by atoms with E-state index in [0.29, 0.717) is 28.9 Å². The fourth-order valence-electron chi connectivity index (χ4n) is 2.72. The van der Waals surface area contributed by atoms with Crippen LogP contribution in [0.2, 0.25) is 5.02 Å². The highest BCUT2D eigenvalue weighted by Crippen LogP contribution is 2.27. The van der Waals surface area contributed by atoms with Crippen LogP contribution in [0.3, 0.4) is 0 Å². The molecule has 132 valence electrons. The van der Waals surface area contributed by atoms with Crippen molar-refractivity contribution < 1.29 is 8.42 Å². The number of anilines is 4. The van der Waals surface area contributed by atoms with Crippen LogP contribution in [0.4, 0.5) is 23.1 Å². The minimum Gasteiger partial charge on any atom is -0.339 e. The maximum atomic E-state index is 12.7. The molecule has 3 aromatic rings. The van der Waals surface area contributed by atoms with Crippen LogP contribution in [0.1, 0.15) is 5.56 Å². The standard InChI is InChI=1S/C18H15ClN4O2S/c19-16-11-20-18-22-13-4-1-3-12(9-13)7-8-26(24,25)15-6-2-5-14(10-15)21-17(16)23-18/h1-6,9-11H,7-8H2,(H2,20,21,22,23). The summed E-state index contributed by atoms with van der Waals surface area (Å²) >= 11 is 6.18. The molecule has 1 aliphatic heterocycles. The van der Waals surface area contributed by atoms with Crippen LogP contribution in [0.25, 0.3) is 0 Å². The van der Waals surface area contributed by atoms with E-state index in [1.54, 1.807) is 24.3 Å². The number of nitrogens with zero attached hydrogens (tertiary/aromatic N) is 2. The fourth-order valence-corrected chi connectivity index (χ4v) is 4.19. The van der Waals surface area contributed by atoms with Crippen molar-refractivity contribution in [3.63, 3.8) is 0 Å². The Morgan fingerprint density at radius 2 is 1.77 bits per heavy atom. The second kappa shape index (κ2) is 6.59.